The Balaban J connectivity index is 0.00000131. The summed E-state index contributed by atoms with van der Waals surface area (Å²) in [5.74, 6) is 3.52. The largest absolute Gasteiger partial charge is 0.332 e. The average Bonchev–Trinajstić information content (AvgIpc) is 3.26. The molecule has 0 bridgehead atoms. The van der Waals surface area contributed by atoms with Gasteiger partial charge in [0.2, 0.25) is 5.91 Å². The Morgan fingerprint density at radius 1 is 1.33 bits per heavy atom. The number of nitrogens with one attached hydrogen (secondary N) is 1. The van der Waals surface area contributed by atoms with Gasteiger partial charge in [0.1, 0.15) is 5.82 Å². The topological polar surface area (TPSA) is 50.2 Å². The number of hydrogen-bond acceptors (Lipinski definition) is 4. The minimum atomic E-state index is 0. The summed E-state index contributed by atoms with van der Waals surface area (Å²) in [6.45, 7) is 4.91. The average molecular weight is 431 g/mol. The van der Waals surface area contributed by atoms with Gasteiger partial charge in [0.05, 0.1) is 17.1 Å². The number of thioether (sulfide) groups is 1. The van der Waals surface area contributed by atoms with Crippen molar-refractivity contribution in [1.82, 2.24) is 19.8 Å². The Kier molecular flexibility index (Phi) is 8.28. The number of carbonyl (C=O) groups excluding carboxylic acids is 1. The molecular formula is C19H28Cl2N4OS. The minimum Gasteiger partial charge on any atom is -0.332 e. The van der Waals surface area contributed by atoms with Gasteiger partial charge in [-0.25, -0.2) is 4.98 Å². The van der Waals surface area contributed by atoms with Gasteiger partial charge in [-0.05, 0) is 31.9 Å². The van der Waals surface area contributed by atoms with Gasteiger partial charge < -0.3 is 14.8 Å². The maximum atomic E-state index is 13.0. The van der Waals surface area contributed by atoms with E-state index in [0.717, 1.165) is 55.3 Å². The molecule has 2 fully saturated rings. The lowest BCUT2D eigenvalue weighted by molar-refractivity contribution is -0.132. The van der Waals surface area contributed by atoms with E-state index < -0.39 is 0 Å². The first-order valence-electron chi connectivity index (χ1n) is 9.33. The number of para-hydroxylation sites is 2. The van der Waals surface area contributed by atoms with Gasteiger partial charge in [-0.1, -0.05) is 12.1 Å². The molecule has 0 spiro atoms. The van der Waals surface area contributed by atoms with Crippen LogP contribution in [0, 0.1) is 0 Å². The second kappa shape index (κ2) is 10.0. The quantitative estimate of drug-likeness (QED) is 0.803. The van der Waals surface area contributed by atoms with Crippen molar-refractivity contribution in [3.05, 3.63) is 30.1 Å². The molecule has 1 aromatic heterocycles. The zero-order valence-electron chi connectivity index (χ0n) is 15.6. The Labute approximate surface area is 177 Å². The summed E-state index contributed by atoms with van der Waals surface area (Å²) in [7, 11) is 0. The number of nitrogens with zero attached hydrogens (tertiary/aromatic N) is 3. The molecule has 1 amide bonds. The van der Waals surface area contributed by atoms with Crippen LogP contribution in [0.4, 0.5) is 0 Å². The van der Waals surface area contributed by atoms with Gasteiger partial charge in [-0.3, -0.25) is 4.79 Å². The zero-order valence-corrected chi connectivity index (χ0v) is 18.0. The highest BCUT2D eigenvalue weighted by molar-refractivity contribution is 7.99. The van der Waals surface area contributed by atoms with Crippen LogP contribution in [0.1, 0.15) is 38.1 Å². The van der Waals surface area contributed by atoms with E-state index in [0.29, 0.717) is 12.5 Å². The number of carbonyl (C=O) groups is 1. The number of aryl methyl sites for hydroxylation is 1. The molecule has 0 saturated carbocycles. The lowest BCUT2D eigenvalue weighted by Crippen LogP contribution is -2.42. The van der Waals surface area contributed by atoms with Crippen molar-refractivity contribution in [1.29, 1.82) is 0 Å². The molecule has 1 N–H and O–H groups in total. The van der Waals surface area contributed by atoms with Crippen molar-refractivity contribution < 1.29 is 4.79 Å². The number of imidazole rings is 1. The monoisotopic (exact) mass is 430 g/mol. The molecule has 4 rings (SSSR count). The van der Waals surface area contributed by atoms with Crippen LogP contribution in [0.5, 0.6) is 0 Å². The van der Waals surface area contributed by atoms with Gasteiger partial charge in [-0.2, -0.15) is 11.8 Å². The van der Waals surface area contributed by atoms with Gasteiger partial charge in [0.25, 0.3) is 0 Å². The predicted octanol–water partition coefficient (Wildman–Crippen LogP) is 3.66. The molecule has 5 nitrogen and oxygen atoms in total. The standard InChI is InChI=1S/C19H26N4OS.2ClH/c1-2-22-16-7-4-3-6-15(16)21-19(22)17-8-5-10-23(17)18(24)12-14-13-25-11-9-20-14;;/h3-4,6-7,14,17,20H,2,5,8-13H2,1H3;2*1H. The number of amides is 1. The molecule has 2 aromatic rings. The summed E-state index contributed by atoms with van der Waals surface area (Å²) < 4.78 is 2.28. The maximum absolute atomic E-state index is 13.0. The van der Waals surface area contributed by atoms with Gasteiger partial charge in [-0.15, -0.1) is 24.8 Å². The van der Waals surface area contributed by atoms with Crippen LogP contribution in [-0.4, -0.2) is 51.0 Å². The molecule has 3 heterocycles. The van der Waals surface area contributed by atoms with Gasteiger partial charge >= 0.3 is 0 Å². The minimum absolute atomic E-state index is 0. The summed E-state index contributed by atoms with van der Waals surface area (Å²) in [4.78, 5) is 19.9. The number of aromatic nitrogens is 2. The van der Waals surface area contributed by atoms with Crippen LogP contribution in [0.15, 0.2) is 24.3 Å². The third-order valence-electron chi connectivity index (χ3n) is 5.29. The molecule has 0 radical (unpaired) electrons. The summed E-state index contributed by atoms with van der Waals surface area (Å²) >= 11 is 1.94. The van der Waals surface area contributed by atoms with E-state index in [-0.39, 0.29) is 36.8 Å². The fourth-order valence-electron chi connectivity index (χ4n) is 4.09. The second-order valence-electron chi connectivity index (χ2n) is 6.88. The van der Waals surface area contributed by atoms with Gasteiger partial charge in [0.15, 0.2) is 0 Å². The molecule has 2 saturated heterocycles. The fraction of sp³-hybridized carbons (Fsp3) is 0.579. The van der Waals surface area contributed by atoms with Crippen molar-refractivity contribution in [3.8, 4) is 0 Å². The van der Waals surface area contributed by atoms with Crippen molar-refractivity contribution >= 4 is 53.5 Å². The Hall–Kier alpha value is -0.950. The fourth-order valence-corrected chi connectivity index (χ4v) is 5.04. The van der Waals surface area contributed by atoms with Crippen LogP contribution < -0.4 is 5.32 Å². The number of fused-ring (bicyclic) bond motifs is 1. The molecule has 2 atom stereocenters. The molecular weight excluding hydrogens is 403 g/mol. The highest BCUT2D eigenvalue weighted by Crippen LogP contribution is 2.34. The van der Waals surface area contributed by atoms with Crippen LogP contribution in [0.25, 0.3) is 11.0 Å². The molecule has 2 unspecified atom stereocenters. The van der Waals surface area contributed by atoms with E-state index in [2.05, 4.69) is 39.9 Å². The molecule has 1 aromatic carbocycles. The molecule has 150 valence electrons. The first-order valence-corrected chi connectivity index (χ1v) is 10.5. The lowest BCUT2D eigenvalue weighted by atomic mass is 10.1. The smallest absolute Gasteiger partial charge is 0.224 e. The van der Waals surface area contributed by atoms with E-state index in [9.17, 15) is 4.79 Å². The molecule has 27 heavy (non-hydrogen) atoms. The summed E-state index contributed by atoms with van der Waals surface area (Å²) in [6.07, 6.45) is 2.69. The third-order valence-corrected chi connectivity index (χ3v) is 6.42. The Morgan fingerprint density at radius 3 is 2.89 bits per heavy atom. The Morgan fingerprint density at radius 2 is 2.15 bits per heavy atom. The summed E-state index contributed by atoms with van der Waals surface area (Å²) in [5.41, 5.74) is 2.20. The number of hydrogen-bond donors (Lipinski definition) is 1. The lowest BCUT2D eigenvalue weighted by Gasteiger charge is -2.28. The van der Waals surface area contributed by atoms with Gasteiger partial charge in [0, 0.05) is 43.6 Å². The van der Waals surface area contributed by atoms with Crippen LogP contribution in [0.2, 0.25) is 0 Å². The van der Waals surface area contributed by atoms with E-state index in [1.54, 1.807) is 0 Å². The van der Waals surface area contributed by atoms with E-state index in [4.69, 9.17) is 4.98 Å². The highest BCUT2D eigenvalue weighted by atomic mass is 35.5. The third kappa shape index (κ3) is 4.56. The number of likely N-dealkylation sites (tertiary alicyclic amines) is 1. The molecule has 8 heteroatoms. The number of benzene rings is 1. The van der Waals surface area contributed by atoms with E-state index in [1.165, 1.54) is 5.52 Å². The van der Waals surface area contributed by atoms with Crippen molar-refractivity contribution in [2.45, 2.75) is 44.8 Å². The highest BCUT2D eigenvalue weighted by Gasteiger charge is 2.34. The summed E-state index contributed by atoms with van der Waals surface area (Å²) in [6, 6.07) is 8.72. The van der Waals surface area contributed by atoms with Crippen molar-refractivity contribution in [2.24, 2.45) is 0 Å². The maximum Gasteiger partial charge on any atom is 0.224 e. The summed E-state index contributed by atoms with van der Waals surface area (Å²) in [5, 5.41) is 3.48. The Bertz CT molecular complexity index is 763. The zero-order chi connectivity index (χ0) is 17.2. The second-order valence-corrected chi connectivity index (χ2v) is 8.03. The van der Waals surface area contributed by atoms with E-state index in [1.807, 2.05) is 17.8 Å². The molecule has 2 aliphatic heterocycles. The SMILES string of the molecule is CCn1c(C2CCCN2C(=O)CC2CSCCN2)nc2ccccc21.Cl.Cl. The van der Waals surface area contributed by atoms with Crippen LogP contribution >= 0.6 is 36.6 Å². The normalized spacial score (nSPS) is 22.3. The number of halogens is 2. The predicted molar refractivity (Wildman–Crippen MR) is 117 cm³/mol. The molecule has 2 aliphatic rings. The van der Waals surface area contributed by atoms with Crippen LogP contribution in [0.3, 0.4) is 0 Å². The first-order chi connectivity index (χ1) is 12.3. The van der Waals surface area contributed by atoms with Crippen molar-refractivity contribution in [2.75, 3.05) is 24.6 Å². The number of rotatable bonds is 4. The first kappa shape index (κ1) is 22.3. The van der Waals surface area contributed by atoms with E-state index >= 15 is 0 Å². The van der Waals surface area contributed by atoms with Crippen molar-refractivity contribution in [3.63, 3.8) is 0 Å². The van der Waals surface area contributed by atoms with Crippen LogP contribution in [-0.2, 0) is 11.3 Å². The molecule has 0 aliphatic carbocycles.